The van der Waals surface area contributed by atoms with Crippen LogP contribution in [-0.2, 0) is 10.8 Å². The van der Waals surface area contributed by atoms with E-state index in [-0.39, 0.29) is 12.7 Å². The molecule has 0 saturated carbocycles. The lowest BCUT2D eigenvalue weighted by molar-refractivity contribution is 0.0960. The summed E-state index contributed by atoms with van der Waals surface area (Å²) in [5.74, 6) is 1.64. The molecular formula is C14H14N2O4S2. The molecule has 1 aliphatic heterocycles. The van der Waals surface area contributed by atoms with E-state index < -0.39 is 10.8 Å². The fraction of sp³-hybridized carbons (Fsp3) is 0.286. The Morgan fingerprint density at radius 1 is 1.41 bits per heavy atom. The summed E-state index contributed by atoms with van der Waals surface area (Å²) < 4.78 is 21.6. The highest BCUT2D eigenvalue weighted by molar-refractivity contribution is 7.84. The van der Waals surface area contributed by atoms with Gasteiger partial charge in [0.05, 0.1) is 6.20 Å². The molecule has 1 unspecified atom stereocenters. The maximum absolute atomic E-state index is 12.0. The minimum absolute atomic E-state index is 0.199. The summed E-state index contributed by atoms with van der Waals surface area (Å²) in [6.45, 7) is 0.613. The first-order valence-corrected chi connectivity index (χ1v) is 9.12. The third-order valence-electron chi connectivity index (χ3n) is 3.02. The van der Waals surface area contributed by atoms with Gasteiger partial charge in [-0.3, -0.25) is 9.00 Å². The van der Waals surface area contributed by atoms with E-state index in [0.717, 1.165) is 10.6 Å². The van der Waals surface area contributed by atoms with Crippen LogP contribution in [-0.4, -0.2) is 40.4 Å². The Bertz CT molecular complexity index is 729. The molecule has 1 aromatic carbocycles. The smallest absolute Gasteiger partial charge is 0.263 e. The van der Waals surface area contributed by atoms with Crippen LogP contribution in [0.2, 0.25) is 0 Å². The highest BCUT2D eigenvalue weighted by Gasteiger charge is 2.16. The highest BCUT2D eigenvalue weighted by atomic mass is 32.2. The number of hydrogen-bond acceptors (Lipinski definition) is 6. The third kappa shape index (κ3) is 3.28. The quantitative estimate of drug-likeness (QED) is 0.897. The van der Waals surface area contributed by atoms with Gasteiger partial charge in [-0.2, -0.15) is 0 Å². The van der Waals surface area contributed by atoms with E-state index in [9.17, 15) is 9.00 Å². The second kappa shape index (κ2) is 6.45. The highest BCUT2D eigenvalue weighted by Crippen LogP contribution is 2.36. The zero-order chi connectivity index (χ0) is 15.5. The number of rotatable bonds is 5. The molecule has 0 fully saturated rings. The van der Waals surface area contributed by atoms with Crippen LogP contribution in [0.4, 0.5) is 0 Å². The molecule has 1 atom stereocenters. The summed E-state index contributed by atoms with van der Waals surface area (Å²) in [7, 11) is -0.916. The molecule has 116 valence electrons. The summed E-state index contributed by atoms with van der Waals surface area (Å²) >= 11 is 1.30. The molecule has 0 saturated heterocycles. The van der Waals surface area contributed by atoms with Gasteiger partial charge in [0.1, 0.15) is 9.88 Å². The number of carbonyl (C=O) groups excluding carboxylic acids is 1. The molecule has 0 aliphatic carbocycles. The van der Waals surface area contributed by atoms with E-state index >= 15 is 0 Å². The van der Waals surface area contributed by atoms with Crippen molar-refractivity contribution in [2.75, 3.05) is 25.3 Å². The summed E-state index contributed by atoms with van der Waals surface area (Å²) in [6.07, 6.45) is 3.15. The molecular weight excluding hydrogens is 324 g/mol. The van der Waals surface area contributed by atoms with Crippen molar-refractivity contribution in [3.05, 3.63) is 29.3 Å². The van der Waals surface area contributed by atoms with Gasteiger partial charge in [0.15, 0.2) is 11.5 Å². The van der Waals surface area contributed by atoms with Crippen LogP contribution in [0.1, 0.15) is 9.67 Å². The SMILES string of the molecule is CS(=O)CCNC(=O)c1cnc(-c2ccc3c(c2)OCO3)s1. The number of thiazole rings is 1. The van der Waals surface area contributed by atoms with E-state index in [0.29, 0.717) is 28.7 Å². The lowest BCUT2D eigenvalue weighted by Crippen LogP contribution is -2.26. The van der Waals surface area contributed by atoms with Gasteiger partial charge >= 0.3 is 0 Å². The van der Waals surface area contributed by atoms with Crippen molar-refractivity contribution in [2.45, 2.75) is 0 Å². The van der Waals surface area contributed by atoms with Gasteiger partial charge in [-0.05, 0) is 18.2 Å². The summed E-state index contributed by atoms with van der Waals surface area (Å²) in [5, 5.41) is 3.47. The van der Waals surface area contributed by atoms with Gasteiger partial charge in [0.25, 0.3) is 5.91 Å². The number of benzene rings is 1. The number of amides is 1. The van der Waals surface area contributed by atoms with Crippen molar-refractivity contribution in [3.8, 4) is 22.1 Å². The first-order valence-electron chi connectivity index (χ1n) is 6.57. The number of aromatic nitrogens is 1. The predicted octanol–water partition coefficient (Wildman–Crippen LogP) is 1.65. The first-order chi connectivity index (χ1) is 10.6. The Morgan fingerprint density at radius 2 is 2.23 bits per heavy atom. The molecule has 1 aromatic heterocycles. The predicted molar refractivity (Wildman–Crippen MR) is 84.9 cm³/mol. The Morgan fingerprint density at radius 3 is 3.05 bits per heavy atom. The van der Waals surface area contributed by atoms with Crippen LogP contribution >= 0.6 is 11.3 Å². The van der Waals surface area contributed by atoms with E-state index in [4.69, 9.17) is 9.47 Å². The molecule has 1 aliphatic rings. The Hall–Kier alpha value is -1.93. The van der Waals surface area contributed by atoms with Gasteiger partial charge in [-0.1, -0.05) is 0 Å². The number of ether oxygens (including phenoxy) is 2. The standard InChI is InChI=1S/C14H14N2O4S2/c1-22(18)5-4-15-13(17)12-7-16-14(21-12)9-2-3-10-11(6-9)20-8-19-10/h2-3,6-7H,4-5,8H2,1H3,(H,15,17). The second-order valence-electron chi connectivity index (χ2n) is 4.63. The Balaban J connectivity index is 1.70. The molecule has 6 nitrogen and oxygen atoms in total. The van der Waals surface area contributed by atoms with Gasteiger partial charge in [0, 0.05) is 34.9 Å². The molecule has 0 radical (unpaired) electrons. The monoisotopic (exact) mass is 338 g/mol. The van der Waals surface area contributed by atoms with E-state index in [1.165, 1.54) is 11.3 Å². The Labute approximate surface area is 133 Å². The van der Waals surface area contributed by atoms with Crippen LogP contribution in [0.5, 0.6) is 11.5 Å². The van der Waals surface area contributed by atoms with Crippen molar-refractivity contribution in [1.29, 1.82) is 0 Å². The van der Waals surface area contributed by atoms with Gasteiger partial charge in [-0.15, -0.1) is 11.3 Å². The molecule has 1 N–H and O–H groups in total. The minimum Gasteiger partial charge on any atom is -0.454 e. The number of nitrogens with zero attached hydrogens (tertiary/aromatic N) is 1. The molecule has 2 aromatic rings. The van der Waals surface area contributed by atoms with Crippen LogP contribution in [0.25, 0.3) is 10.6 Å². The fourth-order valence-corrected chi connectivity index (χ4v) is 3.16. The van der Waals surface area contributed by atoms with E-state index in [2.05, 4.69) is 10.3 Å². The van der Waals surface area contributed by atoms with Crippen LogP contribution in [0.3, 0.4) is 0 Å². The van der Waals surface area contributed by atoms with Crippen LogP contribution in [0, 0.1) is 0 Å². The zero-order valence-corrected chi connectivity index (χ0v) is 13.5. The maximum Gasteiger partial charge on any atom is 0.263 e. The van der Waals surface area contributed by atoms with Crippen molar-refractivity contribution >= 4 is 28.0 Å². The second-order valence-corrected chi connectivity index (χ2v) is 7.22. The number of nitrogens with one attached hydrogen (secondary N) is 1. The van der Waals surface area contributed by atoms with Crippen LogP contribution < -0.4 is 14.8 Å². The van der Waals surface area contributed by atoms with Crippen LogP contribution in [0.15, 0.2) is 24.4 Å². The first kappa shape index (κ1) is 15.0. The van der Waals surface area contributed by atoms with Crippen molar-refractivity contribution < 1.29 is 18.5 Å². The zero-order valence-electron chi connectivity index (χ0n) is 11.8. The largest absolute Gasteiger partial charge is 0.454 e. The average molecular weight is 338 g/mol. The maximum atomic E-state index is 12.0. The average Bonchev–Trinajstić information content (AvgIpc) is 3.15. The van der Waals surface area contributed by atoms with Gasteiger partial charge in [0.2, 0.25) is 6.79 Å². The Kier molecular flexibility index (Phi) is 4.39. The minimum atomic E-state index is -0.916. The lowest BCUT2D eigenvalue weighted by atomic mass is 10.2. The number of fused-ring (bicyclic) bond motifs is 1. The van der Waals surface area contributed by atoms with Crippen molar-refractivity contribution in [2.24, 2.45) is 0 Å². The van der Waals surface area contributed by atoms with Crippen molar-refractivity contribution in [1.82, 2.24) is 10.3 Å². The van der Waals surface area contributed by atoms with Gasteiger partial charge in [-0.25, -0.2) is 4.98 Å². The molecule has 0 spiro atoms. The molecule has 3 rings (SSSR count). The summed E-state index contributed by atoms with van der Waals surface area (Å²) in [6, 6.07) is 5.56. The molecule has 2 heterocycles. The van der Waals surface area contributed by atoms with E-state index in [1.54, 1.807) is 12.5 Å². The van der Waals surface area contributed by atoms with Crippen molar-refractivity contribution in [3.63, 3.8) is 0 Å². The molecule has 1 amide bonds. The number of carbonyl (C=O) groups is 1. The molecule has 8 heteroatoms. The third-order valence-corrected chi connectivity index (χ3v) is 4.85. The summed E-state index contributed by atoms with van der Waals surface area (Å²) in [4.78, 5) is 16.8. The topological polar surface area (TPSA) is 77.5 Å². The molecule has 22 heavy (non-hydrogen) atoms. The number of hydrogen-bond donors (Lipinski definition) is 1. The fourth-order valence-electron chi connectivity index (χ4n) is 1.94. The lowest BCUT2D eigenvalue weighted by Gasteiger charge is -2.01. The van der Waals surface area contributed by atoms with E-state index in [1.807, 2.05) is 18.2 Å². The van der Waals surface area contributed by atoms with Gasteiger partial charge < -0.3 is 14.8 Å². The summed E-state index contributed by atoms with van der Waals surface area (Å²) in [5.41, 5.74) is 0.878. The normalized spacial score (nSPS) is 13.9. The molecule has 0 bridgehead atoms.